The van der Waals surface area contributed by atoms with Gasteiger partial charge in [-0.2, -0.15) is 18.3 Å². The maximum Gasteiger partial charge on any atom is 0.492 e. The Morgan fingerprint density at radius 1 is 1.13 bits per heavy atom. The van der Waals surface area contributed by atoms with Crippen LogP contribution >= 0.6 is 22.9 Å². The summed E-state index contributed by atoms with van der Waals surface area (Å²) in [5, 5.41) is 7.88. The van der Waals surface area contributed by atoms with Crippen molar-refractivity contribution in [1.82, 2.24) is 20.2 Å². The van der Waals surface area contributed by atoms with Crippen molar-refractivity contribution in [3.63, 3.8) is 0 Å². The Kier molecular flexibility index (Phi) is 9.25. The molecule has 0 unspecified atom stereocenters. The van der Waals surface area contributed by atoms with Crippen LogP contribution in [0.25, 0.3) is 10.9 Å². The molecular formula is C27H24ClF4N5O6S2. The zero-order chi connectivity index (χ0) is 32.5. The molecule has 1 fully saturated rings. The number of methoxy groups -OCH3 is 1. The van der Waals surface area contributed by atoms with E-state index in [2.05, 4.69) is 20.0 Å². The molecule has 2 aromatic carbocycles. The number of hydrogen-bond donors (Lipinski definition) is 2. The fraction of sp³-hybridized carbons (Fsp3) is 0.296. The number of nitrogens with one attached hydrogen (secondary N) is 2. The fourth-order valence-electron chi connectivity index (χ4n) is 4.75. The summed E-state index contributed by atoms with van der Waals surface area (Å²) >= 11 is 6.82. The maximum atomic E-state index is 13.9. The summed E-state index contributed by atoms with van der Waals surface area (Å²) < 4.78 is 87.7. The van der Waals surface area contributed by atoms with Gasteiger partial charge in [0.05, 0.1) is 35.4 Å². The summed E-state index contributed by atoms with van der Waals surface area (Å²) in [5.74, 6) is -2.94. The smallest absolute Gasteiger partial charge is 0.492 e. The summed E-state index contributed by atoms with van der Waals surface area (Å²) in [6.07, 6.45) is -7.41. The number of rotatable bonds is 10. The van der Waals surface area contributed by atoms with Gasteiger partial charge in [-0.25, -0.2) is 17.6 Å². The highest BCUT2D eigenvalue weighted by Gasteiger charge is 2.47. The molecule has 4 aromatic rings. The standard InChI is InChI=1S/C27H24ClF4N5O6S2/c1-42-20-7-3-6-18-23(20)24(35-45(40,41)22-9-8-21(28)44-22)34-36(18)13-16-5-2-4-15(10-16)12-33-25(38)19-11-17(29)14-37(19)43-26(39)27(30,31)32/h2-10,17,19H,11-14H2,1H3,(H,33,38)(H,34,35)/t17-,19+/m1/s1. The molecule has 2 aromatic heterocycles. The Morgan fingerprint density at radius 2 is 1.87 bits per heavy atom. The van der Waals surface area contributed by atoms with Crippen molar-refractivity contribution in [2.24, 2.45) is 0 Å². The molecule has 1 saturated heterocycles. The van der Waals surface area contributed by atoms with Crippen molar-refractivity contribution in [3.8, 4) is 5.75 Å². The quantitative estimate of drug-likeness (QED) is 0.230. The minimum Gasteiger partial charge on any atom is -0.496 e. The SMILES string of the molecule is COc1cccc2c1c(NS(=O)(=O)c1ccc(Cl)s1)nn2Cc1cccc(CNC(=O)[C@@H]2C[C@@H](F)CN2OC(=O)C(F)(F)F)c1. The molecule has 2 atom stereocenters. The summed E-state index contributed by atoms with van der Waals surface area (Å²) in [7, 11) is -2.57. The lowest BCUT2D eigenvalue weighted by Crippen LogP contribution is -2.45. The second kappa shape index (κ2) is 12.8. The summed E-state index contributed by atoms with van der Waals surface area (Å²) in [5.41, 5.74) is 1.86. The molecule has 1 aliphatic heterocycles. The van der Waals surface area contributed by atoms with E-state index in [9.17, 15) is 35.6 Å². The van der Waals surface area contributed by atoms with E-state index in [1.54, 1.807) is 47.1 Å². The molecule has 1 amide bonds. The number of hydrogen-bond acceptors (Lipinski definition) is 9. The van der Waals surface area contributed by atoms with E-state index in [0.29, 0.717) is 37.2 Å². The van der Waals surface area contributed by atoms with E-state index in [0.717, 1.165) is 11.3 Å². The first-order valence-corrected chi connectivity index (χ1v) is 15.8. The second-order valence-electron chi connectivity index (χ2n) is 9.89. The number of thiophene rings is 1. The van der Waals surface area contributed by atoms with E-state index >= 15 is 0 Å². The van der Waals surface area contributed by atoms with E-state index in [1.807, 2.05) is 0 Å². The molecule has 240 valence electrons. The number of aromatic nitrogens is 2. The average molecular weight is 690 g/mol. The van der Waals surface area contributed by atoms with Crippen molar-refractivity contribution < 1.29 is 45.1 Å². The number of amides is 1. The van der Waals surface area contributed by atoms with Gasteiger partial charge in [-0.3, -0.25) is 14.2 Å². The molecule has 0 saturated carbocycles. The molecule has 0 radical (unpaired) electrons. The van der Waals surface area contributed by atoms with Crippen LogP contribution in [0, 0.1) is 0 Å². The fourth-order valence-corrected chi connectivity index (χ4v) is 7.24. The van der Waals surface area contributed by atoms with Gasteiger partial charge < -0.3 is 14.9 Å². The van der Waals surface area contributed by atoms with Crippen molar-refractivity contribution in [2.75, 3.05) is 18.4 Å². The number of anilines is 1. The van der Waals surface area contributed by atoms with Crippen molar-refractivity contribution in [1.29, 1.82) is 0 Å². The highest BCUT2D eigenvalue weighted by atomic mass is 35.5. The number of sulfonamides is 1. The van der Waals surface area contributed by atoms with Crippen molar-refractivity contribution in [2.45, 2.75) is 42.1 Å². The molecule has 0 spiro atoms. The minimum atomic E-state index is -5.30. The monoisotopic (exact) mass is 689 g/mol. The number of fused-ring (bicyclic) bond motifs is 1. The van der Waals surface area contributed by atoms with Crippen molar-refractivity contribution in [3.05, 3.63) is 70.1 Å². The van der Waals surface area contributed by atoms with Gasteiger partial charge in [-0.05, 0) is 35.4 Å². The summed E-state index contributed by atoms with van der Waals surface area (Å²) in [6, 6.07) is 13.5. The number of carbonyl (C=O) groups excluding carboxylic acids is 2. The van der Waals surface area contributed by atoms with E-state index < -0.39 is 53.3 Å². The highest BCUT2D eigenvalue weighted by Crippen LogP contribution is 2.35. The molecular weight excluding hydrogens is 666 g/mol. The largest absolute Gasteiger partial charge is 0.496 e. The third-order valence-electron chi connectivity index (χ3n) is 6.73. The van der Waals surface area contributed by atoms with Gasteiger partial charge in [0.25, 0.3) is 10.0 Å². The van der Waals surface area contributed by atoms with Gasteiger partial charge in [-0.15, -0.1) is 16.4 Å². The third kappa shape index (κ3) is 7.32. The first-order chi connectivity index (χ1) is 21.2. The van der Waals surface area contributed by atoms with Gasteiger partial charge in [0.15, 0.2) is 5.82 Å². The van der Waals surface area contributed by atoms with Crippen LogP contribution < -0.4 is 14.8 Å². The van der Waals surface area contributed by atoms with Gasteiger partial charge in [-0.1, -0.05) is 41.9 Å². The Hall–Kier alpha value is -3.93. The second-order valence-corrected chi connectivity index (χ2v) is 13.5. The van der Waals surface area contributed by atoms with Crippen LogP contribution in [0.3, 0.4) is 0 Å². The predicted molar refractivity (Wildman–Crippen MR) is 156 cm³/mol. The minimum absolute atomic E-state index is 0.00104. The number of benzene rings is 2. The molecule has 0 aliphatic carbocycles. The first-order valence-electron chi connectivity index (χ1n) is 13.1. The van der Waals surface area contributed by atoms with Crippen LogP contribution in [0.5, 0.6) is 5.75 Å². The normalized spacial score (nSPS) is 17.4. The van der Waals surface area contributed by atoms with E-state index in [1.165, 1.54) is 19.2 Å². The lowest BCUT2D eigenvalue weighted by atomic mass is 10.1. The Labute approximate surface area is 262 Å². The summed E-state index contributed by atoms with van der Waals surface area (Å²) in [6.45, 7) is -0.564. The zero-order valence-electron chi connectivity index (χ0n) is 23.2. The van der Waals surface area contributed by atoms with Gasteiger partial charge in [0.1, 0.15) is 22.2 Å². The number of alkyl halides is 4. The average Bonchev–Trinajstić information content (AvgIpc) is 3.68. The van der Waals surface area contributed by atoms with Crippen LogP contribution in [0.4, 0.5) is 23.4 Å². The van der Waals surface area contributed by atoms with Crippen LogP contribution in [-0.4, -0.2) is 67.2 Å². The predicted octanol–water partition coefficient (Wildman–Crippen LogP) is 4.66. The van der Waals surface area contributed by atoms with Crippen LogP contribution in [0.15, 0.2) is 58.8 Å². The van der Waals surface area contributed by atoms with Crippen molar-refractivity contribution >= 4 is 61.6 Å². The Morgan fingerprint density at radius 3 is 2.56 bits per heavy atom. The lowest BCUT2D eigenvalue weighted by Gasteiger charge is -2.22. The number of nitrogens with zero attached hydrogens (tertiary/aromatic N) is 3. The Balaban J connectivity index is 1.32. The molecule has 1 aliphatic rings. The molecule has 18 heteroatoms. The van der Waals surface area contributed by atoms with E-state index in [4.69, 9.17) is 16.3 Å². The van der Waals surface area contributed by atoms with Crippen LogP contribution in [0.2, 0.25) is 4.34 Å². The molecule has 0 bridgehead atoms. The Bertz CT molecular complexity index is 1850. The van der Waals surface area contributed by atoms with Crippen LogP contribution in [-0.2, 0) is 37.5 Å². The third-order valence-corrected chi connectivity index (χ3v) is 9.80. The highest BCUT2D eigenvalue weighted by molar-refractivity contribution is 7.94. The lowest BCUT2D eigenvalue weighted by molar-refractivity contribution is -0.240. The molecule has 11 nitrogen and oxygen atoms in total. The molecule has 5 rings (SSSR count). The maximum absolute atomic E-state index is 13.9. The van der Waals surface area contributed by atoms with Gasteiger partial charge in [0.2, 0.25) is 5.91 Å². The number of hydroxylamine groups is 2. The van der Waals surface area contributed by atoms with Crippen LogP contribution in [0.1, 0.15) is 17.5 Å². The van der Waals surface area contributed by atoms with Gasteiger partial charge >= 0.3 is 12.1 Å². The first kappa shape index (κ1) is 32.5. The molecule has 45 heavy (non-hydrogen) atoms. The topological polar surface area (TPSA) is 132 Å². The number of carbonyl (C=O) groups is 2. The molecule has 2 N–H and O–H groups in total. The molecule has 3 heterocycles. The van der Waals surface area contributed by atoms with E-state index in [-0.39, 0.29) is 23.1 Å². The zero-order valence-corrected chi connectivity index (χ0v) is 25.6. The number of ether oxygens (including phenoxy) is 1. The van der Waals surface area contributed by atoms with Gasteiger partial charge in [0, 0.05) is 13.0 Å². The number of halogens is 5. The summed E-state index contributed by atoms with van der Waals surface area (Å²) in [4.78, 5) is 28.2.